The molecule has 148 valence electrons. The van der Waals surface area contributed by atoms with Crippen LogP contribution in [0.2, 0.25) is 0 Å². The number of ketones is 1. The molecule has 26 heavy (non-hydrogen) atoms. The molecule has 0 amide bonds. The van der Waals surface area contributed by atoms with Gasteiger partial charge in [-0.15, -0.1) is 0 Å². The van der Waals surface area contributed by atoms with Crippen molar-refractivity contribution in [3.63, 3.8) is 0 Å². The summed E-state index contributed by atoms with van der Waals surface area (Å²) >= 11 is 0. The molecule has 0 heterocycles. The summed E-state index contributed by atoms with van der Waals surface area (Å²) in [6, 6.07) is 9.19. The van der Waals surface area contributed by atoms with E-state index in [2.05, 4.69) is 6.92 Å². The van der Waals surface area contributed by atoms with Gasteiger partial charge in [-0.05, 0) is 12.0 Å². The van der Waals surface area contributed by atoms with Crippen LogP contribution < -0.4 is 0 Å². The van der Waals surface area contributed by atoms with Crippen LogP contribution in [0.15, 0.2) is 30.3 Å². The first-order valence-electron chi connectivity index (χ1n) is 10.1. The maximum Gasteiger partial charge on any atom is 0.172 e. The fourth-order valence-electron chi connectivity index (χ4n) is 3.20. The zero-order valence-corrected chi connectivity index (χ0v) is 16.2. The molecule has 1 rings (SSSR count). The van der Waals surface area contributed by atoms with Crippen molar-refractivity contribution in [2.45, 2.75) is 89.3 Å². The van der Waals surface area contributed by atoms with Crippen LogP contribution in [0.1, 0.15) is 76.7 Å². The summed E-state index contributed by atoms with van der Waals surface area (Å²) in [6.07, 6.45) is 9.31. The lowest BCUT2D eigenvalue weighted by atomic mass is 9.86. The van der Waals surface area contributed by atoms with E-state index in [1.54, 1.807) is 0 Å². The zero-order chi connectivity index (χ0) is 19.3. The average molecular weight is 365 g/mol. The molecule has 0 aliphatic rings. The Labute approximate surface area is 158 Å². The molecule has 0 aliphatic carbocycles. The predicted octanol–water partition coefficient (Wildman–Crippen LogP) is 3.80. The van der Waals surface area contributed by atoms with Gasteiger partial charge in [0.05, 0.1) is 12.7 Å². The maximum atomic E-state index is 12.4. The number of unbranched alkanes of at least 4 members (excludes halogenated alkanes) is 8. The molecule has 0 aromatic heterocycles. The van der Waals surface area contributed by atoms with Crippen molar-refractivity contribution >= 4 is 5.78 Å². The summed E-state index contributed by atoms with van der Waals surface area (Å²) in [4.78, 5) is 12.4. The lowest BCUT2D eigenvalue weighted by Crippen LogP contribution is -2.53. The van der Waals surface area contributed by atoms with Gasteiger partial charge in [0.25, 0.3) is 0 Å². The number of carbonyl (C=O) groups is 1. The van der Waals surface area contributed by atoms with Gasteiger partial charge in [0, 0.05) is 12.8 Å². The van der Waals surface area contributed by atoms with Crippen molar-refractivity contribution in [1.29, 1.82) is 0 Å². The van der Waals surface area contributed by atoms with Crippen molar-refractivity contribution in [2.75, 3.05) is 6.61 Å². The Kier molecular flexibility index (Phi) is 11.4. The van der Waals surface area contributed by atoms with Crippen LogP contribution >= 0.6 is 0 Å². The van der Waals surface area contributed by atoms with Gasteiger partial charge in [-0.1, -0.05) is 88.6 Å². The summed E-state index contributed by atoms with van der Waals surface area (Å²) in [5.74, 6) is -0.466. The highest BCUT2D eigenvalue weighted by Crippen LogP contribution is 2.20. The summed E-state index contributed by atoms with van der Waals surface area (Å²) in [5.41, 5.74) is -1.25. The Morgan fingerprint density at radius 2 is 1.50 bits per heavy atom. The molecule has 0 fully saturated rings. The lowest BCUT2D eigenvalue weighted by Gasteiger charge is -2.30. The minimum atomic E-state index is -2.07. The van der Waals surface area contributed by atoms with Crippen molar-refractivity contribution in [1.82, 2.24) is 0 Å². The van der Waals surface area contributed by atoms with Crippen molar-refractivity contribution in [3.8, 4) is 0 Å². The van der Waals surface area contributed by atoms with Gasteiger partial charge in [0.15, 0.2) is 11.4 Å². The smallest absolute Gasteiger partial charge is 0.172 e. The molecule has 0 radical (unpaired) electrons. The van der Waals surface area contributed by atoms with E-state index < -0.39 is 24.1 Å². The third-order valence-electron chi connectivity index (χ3n) is 5.05. The second kappa shape index (κ2) is 13.0. The standard InChI is InChI=1S/C22H36O4/c1-2-3-4-5-6-7-8-9-13-16-20(24)22(26,18-23)21(25)17-19-14-11-10-12-15-19/h10-12,14-15,21,23,25-26H,2-9,13,16-18H2,1H3. The molecule has 4 heteroatoms. The van der Waals surface area contributed by atoms with Gasteiger partial charge in [0.1, 0.15) is 0 Å². The molecule has 1 aromatic rings. The zero-order valence-electron chi connectivity index (χ0n) is 16.2. The van der Waals surface area contributed by atoms with E-state index in [1.165, 1.54) is 38.5 Å². The highest BCUT2D eigenvalue weighted by Gasteiger charge is 2.41. The fourth-order valence-corrected chi connectivity index (χ4v) is 3.20. The summed E-state index contributed by atoms with van der Waals surface area (Å²) in [7, 11) is 0. The number of benzene rings is 1. The SMILES string of the molecule is CCCCCCCCCCCC(=O)C(O)(CO)C(O)Cc1ccccc1. The minimum absolute atomic E-state index is 0.140. The van der Waals surface area contributed by atoms with E-state index in [4.69, 9.17) is 0 Å². The number of hydrogen-bond donors (Lipinski definition) is 3. The first kappa shape index (κ1) is 22.8. The minimum Gasteiger partial charge on any atom is -0.393 e. The lowest BCUT2D eigenvalue weighted by molar-refractivity contribution is -0.157. The molecular weight excluding hydrogens is 328 g/mol. The second-order valence-electron chi connectivity index (χ2n) is 7.29. The van der Waals surface area contributed by atoms with Crippen LogP contribution in [0.3, 0.4) is 0 Å². The number of aliphatic hydroxyl groups excluding tert-OH is 2. The predicted molar refractivity (Wildman–Crippen MR) is 105 cm³/mol. The average Bonchev–Trinajstić information content (AvgIpc) is 2.66. The Balaban J connectivity index is 2.31. The molecule has 1 aromatic carbocycles. The van der Waals surface area contributed by atoms with Gasteiger partial charge in [0.2, 0.25) is 0 Å². The third-order valence-corrected chi connectivity index (χ3v) is 5.05. The van der Waals surface area contributed by atoms with E-state index in [0.717, 1.165) is 18.4 Å². The molecule has 2 unspecified atom stereocenters. The maximum absolute atomic E-state index is 12.4. The first-order chi connectivity index (χ1) is 12.5. The van der Waals surface area contributed by atoms with E-state index in [-0.39, 0.29) is 12.8 Å². The van der Waals surface area contributed by atoms with Gasteiger partial charge < -0.3 is 15.3 Å². The van der Waals surface area contributed by atoms with Crippen molar-refractivity contribution in [2.24, 2.45) is 0 Å². The Hall–Kier alpha value is -1.23. The highest BCUT2D eigenvalue weighted by molar-refractivity contribution is 5.88. The topological polar surface area (TPSA) is 77.8 Å². The molecule has 0 spiro atoms. The number of hydrogen-bond acceptors (Lipinski definition) is 4. The van der Waals surface area contributed by atoms with E-state index >= 15 is 0 Å². The molecule has 4 nitrogen and oxygen atoms in total. The van der Waals surface area contributed by atoms with Crippen molar-refractivity contribution < 1.29 is 20.1 Å². The summed E-state index contributed by atoms with van der Waals surface area (Å²) in [6.45, 7) is 1.46. The Bertz CT molecular complexity index is 488. The Morgan fingerprint density at radius 1 is 0.962 bits per heavy atom. The molecule has 0 aliphatic heterocycles. The van der Waals surface area contributed by atoms with Gasteiger partial charge in [-0.2, -0.15) is 0 Å². The van der Waals surface area contributed by atoms with Gasteiger partial charge in [-0.3, -0.25) is 4.79 Å². The summed E-state index contributed by atoms with van der Waals surface area (Å²) in [5, 5.41) is 30.3. The van der Waals surface area contributed by atoms with Crippen LogP contribution in [-0.4, -0.2) is 39.4 Å². The van der Waals surface area contributed by atoms with Crippen molar-refractivity contribution in [3.05, 3.63) is 35.9 Å². The molecule has 0 saturated heterocycles. The number of Topliss-reactive ketones (excluding diaryl/α,β-unsaturated/α-hetero) is 1. The van der Waals surface area contributed by atoms with Crippen LogP contribution in [0.5, 0.6) is 0 Å². The molecule has 0 saturated carbocycles. The van der Waals surface area contributed by atoms with E-state index in [1.807, 2.05) is 30.3 Å². The van der Waals surface area contributed by atoms with Gasteiger partial charge >= 0.3 is 0 Å². The van der Waals surface area contributed by atoms with Crippen LogP contribution in [0, 0.1) is 0 Å². The van der Waals surface area contributed by atoms with Crippen LogP contribution in [0.25, 0.3) is 0 Å². The normalized spacial score (nSPS) is 14.8. The van der Waals surface area contributed by atoms with Crippen LogP contribution in [-0.2, 0) is 11.2 Å². The molecule has 3 N–H and O–H groups in total. The quantitative estimate of drug-likeness (QED) is 0.414. The highest BCUT2D eigenvalue weighted by atomic mass is 16.4. The first-order valence-corrected chi connectivity index (χ1v) is 10.1. The fraction of sp³-hybridized carbons (Fsp3) is 0.682. The van der Waals surface area contributed by atoms with E-state index in [9.17, 15) is 20.1 Å². The monoisotopic (exact) mass is 364 g/mol. The molecule has 0 bridgehead atoms. The number of aliphatic hydroxyl groups is 3. The largest absolute Gasteiger partial charge is 0.393 e. The Morgan fingerprint density at radius 3 is 2.04 bits per heavy atom. The molecule has 2 atom stereocenters. The summed E-state index contributed by atoms with van der Waals surface area (Å²) < 4.78 is 0. The van der Waals surface area contributed by atoms with Gasteiger partial charge in [-0.25, -0.2) is 0 Å². The number of carbonyl (C=O) groups excluding carboxylic acids is 1. The molecular formula is C22H36O4. The van der Waals surface area contributed by atoms with Crippen LogP contribution in [0.4, 0.5) is 0 Å². The second-order valence-corrected chi connectivity index (χ2v) is 7.29. The third kappa shape index (κ3) is 7.98. The van der Waals surface area contributed by atoms with E-state index in [0.29, 0.717) is 6.42 Å². The number of rotatable bonds is 15.